The van der Waals surface area contributed by atoms with Crippen molar-refractivity contribution in [2.24, 2.45) is 5.92 Å². The van der Waals surface area contributed by atoms with Crippen LogP contribution < -0.4 is 10.1 Å². The third kappa shape index (κ3) is 5.89. The highest BCUT2D eigenvalue weighted by Crippen LogP contribution is 2.27. The SMILES string of the molecule is COC(=O)c1ccc(Cn2cc(C)c3ccc(C(=O)NCC(C)CC(F)(F)F)cc32)c(OC)c1. The minimum absolute atomic E-state index is 0.0693. The van der Waals surface area contributed by atoms with Crippen LogP contribution in [0, 0.1) is 12.8 Å². The maximum atomic E-state index is 12.6. The Morgan fingerprint density at radius 3 is 2.44 bits per heavy atom. The molecule has 1 atom stereocenters. The van der Waals surface area contributed by atoms with Crippen LogP contribution >= 0.6 is 0 Å². The molecule has 0 saturated carbocycles. The number of esters is 1. The molecule has 6 nitrogen and oxygen atoms in total. The Hall–Kier alpha value is -3.49. The Balaban J connectivity index is 1.84. The number of halogens is 3. The molecule has 1 unspecified atom stereocenters. The standard InChI is InChI=1S/C25H27F3N2O4/c1-15(11-25(26,27)28)12-29-23(31)17-7-8-20-16(2)13-30(21(20)9-17)14-19-6-5-18(24(32)34-4)10-22(19)33-3/h5-10,13,15H,11-12,14H2,1-4H3,(H,29,31). The van der Waals surface area contributed by atoms with Gasteiger partial charge in [0.15, 0.2) is 0 Å². The highest BCUT2D eigenvalue weighted by atomic mass is 19.4. The lowest BCUT2D eigenvalue weighted by Gasteiger charge is -2.15. The minimum atomic E-state index is -4.27. The molecule has 9 heteroatoms. The summed E-state index contributed by atoms with van der Waals surface area (Å²) < 4.78 is 49.8. The maximum absolute atomic E-state index is 12.6. The molecule has 0 saturated heterocycles. The fraction of sp³-hybridized carbons (Fsp3) is 0.360. The van der Waals surface area contributed by atoms with Crippen LogP contribution in [-0.2, 0) is 11.3 Å². The molecule has 0 aliphatic heterocycles. The smallest absolute Gasteiger partial charge is 0.389 e. The molecule has 3 rings (SSSR count). The summed E-state index contributed by atoms with van der Waals surface area (Å²) in [7, 11) is 2.82. The number of aryl methyl sites for hydroxylation is 1. The monoisotopic (exact) mass is 476 g/mol. The van der Waals surface area contributed by atoms with Gasteiger partial charge in [-0.1, -0.05) is 19.1 Å². The topological polar surface area (TPSA) is 69.6 Å². The predicted octanol–water partition coefficient (Wildman–Crippen LogP) is 5.11. The Labute approximate surface area is 195 Å². The second kappa shape index (κ2) is 10.2. The third-order valence-electron chi connectivity index (χ3n) is 5.58. The van der Waals surface area contributed by atoms with Gasteiger partial charge < -0.3 is 19.4 Å². The van der Waals surface area contributed by atoms with Gasteiger partial charge in [-0.25, -0.2) is 4.79 Å². The summed E-state index contributed by atoms with van der Waals surface area (Å²) in [5.41, 5.74) is 3.36. The molecule has 2 aromatic carbocycles. The van der Waals surface area contributed by atoms with Crippen LogP contribution in [0.25, 0.3) is 10.9 Å². The highest BCUT2D eigenvalue weighted by molar-refractivity contribution is 5.98. The molecular formula is C25H27F3N2O4. The summed E-state index contributed by atoms with van der Waals surface area (Å²) in [6.45, 7) is 3.75. The number of amides is 1. The van der Waals surface area contributed by atoms with Crippen molar-refractivity contribution >= 4 is 22.8 Å². The van der Waals surface area contributed by atoms with Gasteiger partial charge in [-0.05, 0) is 42.7 Å². The van der Waals surface area contributed by atoms with Crippen LogP contribution in [0.2, 0.25) is 0 Å². The summed E-state index contributed by atoms with van der Waals surface area (Å²) in [4.78, 5) is 24.4. The summed E-state index contributed by atoms with van der Waals surface area (Å²) in [6.07, 6.45) is -3.27. The number of ether oxygens (including phenoxy) is 2. The van der Waals surface area contributed by atoms with Crippen LogP contribution in [0.1, 0.15) is 45.2 Å². The van der Waals surface area contributed by atoms with E-state index in [1.807, 2.05) is 23.8 Å². The molecule has 0 radical (unpaired) electrons. The van der Waals surface area contributed by atoms with Gasteiger partial charge in [-0.15, -0.1) is 0 Å². The zero-order chi connectivity index (χ0) is 25.0. The molecule has 34 heavy (non-hydrogen) atoms. The van der Waals surface area contributed by atoms with Gasteiger partial charge in [0.25, 0.3) is 5.91 Å². The Morgan fingerprint density at radius 2 is 1.79 bits per heavy atom. The van der Waals surface area contributed by atoms with Crippen molar-refractivity contribution in [1.29, 1.82) is 0 Å². The van der Waals surface area contributed by atoms with Gasteiger partial charge in [0.1, 0.15) is 5.75 Å². The van der Waals surface area contributed by atoms with Crippen molar-refractivity contribution in [3.05, 3.63) is 64.8 Å². The van der Waals surface area contributed by atoms with Crippen molar-refractivity contribution < 1.29 is 32.2 Å². The van der Waals surface area contributed by atoms with Crippen molar-refractivity contribution in [2.45, 2.75) is 33.0 Å². The molecule has 3 aromatic rings. The number of alkyl halides is 3. The van der Waals surface area contributed by atoms with E-state index < -0.39 is 30.4 Å². The average Bonchev–Trinajstić information content (AvgIpc) is 3.10. The van der Waals surface area contributed by atoms with Gasteiger partial charge in [0.05, 0.1) is 26.3 Å². The molecule has 0 bridgehead atoms. The van der Waals surface area contributed by atoms with Crippen LogP contribution in [0.3, 0.4) is 0 Å². The highest BCUT2D eigenvalue weighted by Gasteiger charge is 2.30. The normalized spacial score (nSPS) is 12.4. The van der Waals surface area contributed by atoms with E-state index in [0.29, 0.717) is 23.4 Å². The molecule has 1 N–H and O–H groups in total. The molecule has 0 spiro atoms. The van der Waals surface area contributed by atoms with Gasteiger partial charge in [0.2, 0.25) is 0 Å². The second-order valence-corrected chi connectivity index (χ2v) is 8.32. The number of rotatable bonds is 8. The number of carbonyl (C=O) groups excluding carboxylic acids is 2. The van der Waals surface area contributed by atoms with Gasteiger partial charge >= 0.3 is 12.1 Å². The number of carbonyl (C=O) groups is 2. The number of aromatic nitrogens is 1. The molecular weight excluding hydrogens is 449 g/mol. The number of methoxy groups -OCH3 is 2. The molecule has 1 heterocycles. The summed E-state index contributed by atoms with van der Waals surface area (Å²) in [5, 5.41) is 3.54. The quantitative estimate of drug-likeness (QED) is 0.459. The first-order valence-electron chi connectivity index (χ1n) is 10.7. The fourth-order valence-electron chi connectivity index (χ4n) is 3.89. The molecule has 0 aliphatic carbocycles. The zero-order valence-electron chi connectivity index (χ0n) is 19.5. The lowest BCUT2D eigenvalue weighted by atomic mass is 10.1. The van der Waals surface area contributed by atoms with E-state index in [-0.39, 0.29) is 6.54 Å². The first-order chi connectivity index (χ1) is 16.0. The number of benzene rings is 2. The molecule has 0 fully saturated rings. The molecule has 1 aromatic heterocycles. The lowest BCUT2D eigenvalue weighted by molar-refractivity contribution is -0.142. The summed E-state index contributed by atoms with van der Waals surface area (Å²) in [6, 6.07) is 10.3. The second-order valence-electron chi connectivity index (χ2n) is 8.32. The largest absolute Gasteiger partial charge is 0.496 e. The van der Waals surface area contributed by atoms with Crippen molar-refractivity contribution in [1.82, 2.24) is 9.88 Å². The minimum Gasteiger partial charge on any atom is -0.496 e. The zero-order valence-corrected chi connectivity index (χ0v) is 19.5. The number of hydrogen-bond donors (Lipinski definition) is 1. The van der Waals surface area contributed by atoms with E-state index in [1.54, 1.807) is 30.3 Å². The van der Waals surface area contributed by atoms with E-state index in [4.69, 9.17) is 9.47 Å². The average molecular weight is 476 g/mol. The lowest BCUT2D eigenvalue weighted by Crippen LogP contribution is -2.30. The number of nitrogens with one attached hydrogen (secondary N) is 1. The van der Waals surface area contributed by atoms with E-state index in [0.717, 1.165) is 22.0 Å². The number of fused-ring (bicyclic) bond motifs is 1. The Morgan fingerprint density at radius 1 is 1.09 bits per heavy atom. The fourth-order valence-corrected chi connectivity index (χ4v) is 3.89. The van der Waals surface area contributed by atoms with Crippen LogP contribution in [0.15, 0.2) is 42.6 Å². The first-order valence-corrected chi connectivity index (χ1v) is 10.7. The molecule has 0 aliphatic rings. The van der Waals surface area contributed by atoms with Crippen LogP contribution in [0.4, 0.5) is 13.2 Å². The first kappa shape index (κ1) is 25.1. The van der Waals surface area contributed by atoms with E-state index in [2.05, 4.69) is 5.32 Å². The summed E-state index contributed by atoms with van der Waals surface area (Å²) >= 11 is 0. The van der Waals surface area contributed by atoms with E-state index in [1.165, 1.54) is 21.1 Å². The van der Waals surface area contributed by atoms with Crippen LogP contribution in [0.5, 0.6) is 5.75 Å². The number of nitrogens with zero attached hydrogens (tertiary/aromatic N) is 1. The summed E-state index contributed by atoms with van der Waals surface area (Å²) in [5.74, 6) is -1.09. The number of hydrogen-bond acceptors (Lipinski definition) is 4. The Bertz CT molecular complexity index is 1200. The molecule has 1 amide bonds. The van der Waals surface area contributed by atoms with Gasteiger partial charge in [0, 0.05) is 41.2 Å². The predicted molar refractivity (Wildman–Crippen MR) is 122 cm³/mol. The van der Waals surface area contributed by atoms with Gasteiger partial charge in [-0.3, -0.25) is 4.79 Å². The molecule has 182 valence electrons. The maximum Gasteiger partial charge on any atom is 0.389 e. The van der Waals surface area contributed by atoms with Crippen molar-refractivity contribution in [2.75, 3.05) is 20.8 Å². The van der Waals surface area contributed by atoms with Crippen molar-refractivity contribution in [3.63, 3.8) is 0 Å². The van der Waals surface area contributed by atoms with E-state index >= 15 is 0 Å². The Kier molecular flexibility index (Phi) is 7.54. The third-order valence-corrected chi connectivity index (χ3v) is 5.58. The van der Waals surface area contributed by atoms with Gasteiger partial charge in [-0.2, -0.15) is 13.2 Å². The van der Waals surface area contributed by atoms with Crippen molar-refractivity contribution in [3.8, 4) is 5.75 Å². The van der Waals surface area contributed by atoms with Crippen LogP contribution in [-0.4, -0.2) is 43.4 Å². The van der Waals surface area contributed by atoms with E-state index in [9.17, 15) is 22.8 Å².